The number of carboxylic acid groups (broad SMARTS) is 1. The van der Waals surface area contributed by atoms with Crippen molar-refractivity contribution in [3.8, 4) is 22.8 Å². The molecule has 0 bridgehead atoms. The molecule has 0 saturated heterocycles. The quantitative estimate of drug-likeness (QED) is 0.177. The van der Waals surface area contributed by atoms with E-state index in [0.29, 0.717) is 35.2 Å². The third-order valence-corrected chi connectivity index (χ3v) is 8.03. The van der Waals surface area contributed by atoms with Gasteiger partial charge in [-0.2, -0.15) is 0 Å². The number of aromatic nitrogens is 2. The summed E-state index contributed by atoms with van der Waals surface area (Å²) in [6, 6.07) is 23.9. The number of carbonyl (C=O) groups is 2. The van der Waals surface area contributed by atoms with Crippen molar-refractivity contribution in [1.82, 2.24) is 9.97 Å². The number of urea groups is 1. The van der Waals surface area contributed by atoms with Crippen LogP contribution in [0.15, 0.2) is 78.9 Å². The summed E-state index contributed by atoms with van der Waals surface area (Å²) < 4.78 is 12.4. The molecule has 0 aliphatic carbocycles. The molecule has 0 unspecified atom stereocenters. The predicted octanol–water partition coefficient (Wildman–Crippen LogP) is 5.96. The second-order valence-electron chi connectivity index (χ2n) is 9.91. The van der Waals surface area contributed by atoms with Crippen LogP contribution in [0.4, 0.5) is 15.6 Å². The second kappa shape index (κ2) is 12.5. The van der Waals surface area contributed by atoms with Crippen LogP contribution in [0.2, 0.25) is 0 Å². The minimum absolute atomic E-state index is 0.136. The summed E-state index contributed by atoms with van der Waals surface area (Å²) in [4.78, 5) is 36.1. The fourth-order valence-electron chi connectivity index (χ4n) is 4.94. The van der Waals surface area contributed by atoms with Gasteiger partial charge in [-0.25, -0.2) is 19.6 Å². The summed E-state index contributed by atoms with van der Waals surface area (Å²) >= 11 is 1.42. The Bertz CT molecular complexity index is 1760. The molecule has 0 radical (unpaired) electrons. The van der Waals surface area contributed by atoms with E-state index in [1.165, 1.54) is 11.3 Å². The Morgan fingerprint density at radius 2 is 1.79 bits per heavy atom. The first-order chi connectivity index (χ1) is 21.0. The van der Waals surface area contributed by atoms with Crippen molar-refractivity contribution in [2.45, 2.75) is 19.4 Å². The van der Waals surface area contributed by atoms with Gasteiger partial charge < -0.3 is 20.3 Å². The van der Waals surface area contributed by atoms with E-state index in [9.17, 15) is 14.7 Å². The number of pyridine rings is 1. The molecule has 3 aromatic carbocycles. The molecule has 1 aliphatic heterocycles. The van der Waals surface area contributed by atoms with Crippen molar-refractivity contribution in [3.05, 3.63) is 95.7 Å². The largest absolute Gasteiger partial charge is 0.490 e. The maximum absolute atomic E-state index is 13.3. The number of aromatic carboxylic acids is 1. The molecule has 4 N–H and O–H groups in total. The van der Waals surface area contributed by atoms with Crippen LogP contribution < -0.4 is 25.4 Å². The van der Waals surface area contributed by atoms with E-state index in [0.717, 1.165) is 39.9 Å². The Morgan fingerprint density at radius 3 is 2.58 bits per heavy atom. The lowest BCUT2D eigenvalue weighted by atomic mass is 9.98. The number of hydrogen-bond acceptors (Lipinski definition) is 8. The van der Waals surface area contributed by atoms with Gasteiger partial charge in [0.05, 0.1) is 15.9 Å². The third-order valence-electron chi connectivity index (χ3n) is 7.08. The first kappa shape index (κ1) is 28.1. The molecule has 2 amide bonds. The number of amides is 2. The molecule has 3 heterocycles. The molecular weight excluding hydrogens is 566 g/mol. The number of aryl methyl sites for hydroxylation is 1. The van der Waals surface area contributed by atoms with Gasteiger partial charge in [-0.05, 0) is 66.4 Å². The summed E-state index contributed by atoms with van der Waals surface area (Å²) in [6.45, 7) is 1.36. The number of para-hydroxylation sites is 1. The molecule has 5 aromatic rings. The molecule has 0 fully saturated rings. The van der Waals surface area contributed by atoms with Gasteiger partial charge in [0.15, 0.2) is 16.6 Å². The van der Waals surface area contributed by atoms with Crippen LogP contribution >= 0.6 is 11.3 Å². The molecule has 218 valence electrons. The Balaban J connectivity index is 1.17. The van der Waals surface area contributed by atoms with Gasteiger partial charge in [-0.1, -0.05) is 47.7 Å². The fourth-order valence-corrected chi connectivity index (χ4v) is 5.79. The van der Waals surface area contributed by atoms with Crippen LogP contribution in [0.5, 0.6) is 11.5 Å². The first-order valence-electron chi connectivity index (χ1n) is 13.8. The number of fused-ring (bicyclic) bond motifs is 2. The van der Waals surface area contributed by atoms with Gasteiger partial charge in [-0.3, -0.25) is 10.2 Å². The van der Waals surface area contributed by atoms with Gasteiger partial charge in [0, 0.05) is 24.3 Å². The molecule has 2 aromatic heterocycles. The molecule has 6 rings (SSSR count). The molecule has 10 nitrogen and oxygen atoms in total. The highest BCUT2D eigenvalue weighted by Gasteiger charge is 2.25. The zero-order valence-electron chi connectivity index (χ0n) is 23.2. The summed E-state index contributed by atoms with van der Waals surface area (Å²) in [7, 11) is 0. The lowest BCUT2D eigenvalue weighted by Gasteiger charge is -2.29. The highest BCUT2D eigenvalue weighted by atomic mass is 32.1. The maximum atomic E-state index is 13.3. The van der Waals surface area contributed by atoms with E-state index >= 15 is 0 Å². The van der Waals surface area contributed by atoms with Gasteiger partial charge in [0.2, 0.25) is 0 Å². The number of thiazole rings is 1. The number of hydrogen-bond donors (Lipinski definition) is 3. The van der Waals surface area contributed by atoms with Crippen LogP contribution in [-0.2, 0) is 13.0 Å². The van der Waals surface area contributed by atoms with E-state index in [2.05, 4.69) is 15.3 Å². The van der Waals surface area contributed by atoms with Crippen LogP contribution in [0, 0.1) is 0 Å². The zero-order chi connectivity index (χ0) is 29.8. The average molecular weight is 596 g/mol. The third kappa shape index (κ3) is 6.27. The Labute approximate surface area is 251 Å². The summed E-state index contributed by atoms with van der Waals surface area (Å²) in [6.07, 6.45) is 1.66. The number of rotatable bonds is 9. The lowest BCUT2D eigenvalue weighted by molar-refractivity contribution is 0.0684. The number of nitrogens with zero attached hydrogens (tertiary/aromatic N) is 3. The number of ether oxygens (including phenoxy) is 2. The number of nitrogens with two attached hydrogens (primary N) is 1. The van der Waals surface area contributed by atoms with Crippen molar-refractivity contribution in [3.63, 3.8) is 0 Å². The fraction of sp³-hybridized carbons (Fsp3) is 0.188. The smallest absolute Gasteiger partial charge is 0.358 e. The van der Waals surface area contributed by atoms with Gasteiger partial charge in [-0.15, -0.1) is 0 Å². The summed E-state index contributed by atoms with van der Waals surface area (Å²) in [5, 5.41) is 13.3. The Kier molecular flexibility index (Phi) is 8.16. The Morgan fingerprint density at radius 1 is 0.977 bits per heavy atom. The molecule has 43 heavy (non-hydrogen) atoms. The number of carbonyl (C=O) groups excluding carboxylic acids is 1. The van der Waals surface area contributed by atoms with Crippen LogP contribution in [0.3, 0.4) is 0 Å². The number of benzene rings is 3. The van der Waals surface area contributed by atoms with Crippen LogP contribution in [-0.4, -0.2) is 46.8 Å². The topological polar surface area (TPSA) is 140 Å². The average Bonchev–Trinajstić information content (AvgIpc) is 3.45. The van der Waals surface area contributed by atoms with Crippen molar-refractivity contribution >= 4 is 44.4 Å². The van der Waals surface area contributed by atoms with E-state index < -0.39 is 5.97 Å². The van der Waals surface area contributed by atoms with Crippen LogP contribution in [0.25, 0.3) is 21.5 Å². The molecule has 11 heteroatoms. The SMILES string of the molecule is NCc1ccc(OCCOc2ccc(-c3ccc4c(c3)N(C(=O)Nc3nc5ccccc5s3)CCC4)nc2C(=O)O)cc1. The van der Waals surface area contributed by atoms with E-state index in [1.54, 1.807) is 17.0 Å². The predicted molar refractivity (Wildman–Crippen MR) is 166 cm³/mol. The van der Waals surface area contributed by atoms with Crippen molar-refractivity contribution in [1.29, 1.82) is 0 Å². The second-order valence-corrected chi connectivity index (χ2v) is 10.9. The highest BCUT2D eigenvalue weighted by molar-refractivity contribution is 7.22. The number of nitrogens with one attached hydrogen (secondary N) is 1. The van der Waals surface area contributed by atoms with Crippen molar-refractivity contribution in [2.24, 2.45) is 5.73 Å². The molecule has 0 atom stereocenters. The molecule has 0 saturated carbocycles. The summed E-state index contributed by atoms with van der Waals surface area (Å²) in [5.41, 5.74) is 10.2. The van der Waals surface area contributed by atoms with Crippen LogP contribution in [0.1, 0.15) is 28.0 Å². The number of anilines is 2. The van der Waals surface area contributed by atoms with Gasteiger partial charge in [0.25, 0.3) is 0 Å². The van der Waals surface area contributed by atoms with Crippen molar-refractivity contribution < 1.29 is 24.2 Å². The van der Waals surface area contributed by atoms with E-state index in [-0.39, 0.29) is 30.7 Å². The monoisotopic (exact) mass is 595 g/mol. The van der Waals surface area contributed by atoms with E-state index in [1.807, 2.05) is 66.7 Å². The molecule has 0 spiro atoms. The van der Waals surface area contributed by atoms with Gasteiger partial charge >= 0.3 is 12.0 Å². The first-order valence-corrected chi connectivity index (χ1v) is 14.7. The Hall–Kier alpha value is -5.00. The van der Waals surface area contributed by atoms with E-state index in [4.69, 9.17) is 15.2 Å². The standard InChI is InChI=1S/C32H29N5O5S/c33-19-20-7-11-23(12-8-20)41-16-17-42-27-14-13-24(34-29(27)30(38)39)22-10-9-21-4-3-15-37(26(21)18-22)32(40)36-31-35-25-5-1-2-6-28(25)43-31/h1-2,5-14,18H,3-4,15-17,19,33H2,(H,38,39)(H,35,36,40). The van der Waals surface area contributed by atoms with Crippen molar-refractivity contribution in [2.75, 3.05) is 30.0 Å². The minimum Gasteiger partial charge on any atom is -0.490 e. The number of carboxylic acids is 1. The zero-order valence-corrected chi connectivity index (χ0v) is 24.0. The molecule has 1 aliphatic rings. The highest BCUT2D eigenvalue weighted by Crippen LogP contribution is 2.34. The summed E-state index contributed by atoms with van der Waals surface area (Å²) in [5.74, 6) is -0.388. The minimum atomic E-state index is -1.20. The normalized spacial score (nSPS) is 12.5. The van der Waals surface area contributed by atoms with Gasteiger partial charge in [0.1, 0.15) is 19.0 Å². The molecular formula is C32H29N5O5S. The maximum Gasteiger partial charge on any atom is 0.358 e. The lowest BCUT2D eigenvalue weighted by Crippen LogP contribution is -2.38.